The van der Waals surface area contributed by atoms with E-state index in [9.17, 15) is 9.59 Å². The van der Waals surface area contributed by atoms with E-state index < -0.39 is 0 Å². The van der Waals surface area contributed by atoms with Crippen LogP contribution in [0.5, 0.6) is 0 Å². The Morgan fingerprint density at radius 1 is 1.29 bits per heavy atom. The molecule has 4 rings (SSSR count). The maximum atomic E-state index is 12.8. The number of aryl methyl sites for hydroxylation is 1. The van der Waals surface area contributed by atoms with Crippen LogP contribution in [-0.4, -0.2) is 29.7 Å². The fraction of sp³-hybridized carbons (Fsp3) is 0.368. The van der Waals surface area contributed by atoms with Crippen molar-refractivity contribution in [2.75, 3.05) is 13.1 Å². The minimum Gasteiger partial charge on any atom is -0.455 e. The minimum absolute atomic E-state index is 0.101. The lowest BCUT2D eigenvalue weighted by atomic mass is 9.94. The zero-order valence-corrected chi connectivity index (χ0v) is 14.4. The van der Waals surface area contributed by atoms with Gasteiger partial charge in [-0.1, -0.05) is 12.1 Å². The van der Waals surface area contributed by atoms with Crippen molar-refractivity contribution in [3.05, 3.63) is 51.1 Å². The van der Waals surface area contributed by atoms with Crippen LogP contribution in [0, 0.1) is 6.92 Å². The molecule has 1 amide bonds. The van der Waals surface area contributed by atoms with Crippen molar-refractivity contribution in [3.8, 4) is 0 Å². The zero-order valence-electron chi connectivity index (χ0n) is 13.6. The van der Waals surface area contributed by atoms with E-state index >= 15 is 0 Å². The second kappa shape index (κ2) is 6.06. The number of amides is 1. The van der Waals surface area contributed by atoms with Crippen molar-refractivity contribution in [1.29, 1.82) is 0 Å². The number of furan rings is 1. The molecule has 0 radical (unpaired) electrons. The van der Waals surface area contributed by atoms with Gasteiger partial charge in [-0.25, -0.2) is 0 Å². The third-order valence-electron chi connectivity index (χ3n) is 4.83. The number of rotatable bonds is 2. The molecule has 24 heavy (non-hydrogen) atoms. The van der Waals surface area contributed by atoms with Gasteiger partial charge in [-0.2, -0.15) is 0 Å². The molecule has 0 fully saturated rings. The van der Waals surface area contributed by atoms with Crippen molar-refractivity contribution < 1.29 is 14.0 Å². The van der Waals surface area contributed by atoms with Crippen LogP contribution in [0.2, 0.25) is 0 Å². The predicted octanol–water partition coefficient (Wildman–Crippen LogP) is 4.10. The Labute approximate surface area is 144 Å². The van der Waals surface area contributed by atoms with Gasteiger partial charge in [-0.3, -0.25) is 9.59 Å². The third kappa shape index (κ3) is 2.53. The van der Waals surface area contributed by atoms with Gasteiger partial charge in [0.2, 0.25) is 0 Å². The van der Waals surface area contributed by atoms with Gasteiger partial charge in [0.25, 0.3) is 5.91 Å². The quantitative estimate of drug-likeness (QED) is 0.826. The Balaban J connectivity index is 1.56. The fourth-order valence-corrected chi connectivity index (χ4v) is 4.33. The first-order valence-electron chi connectivity index (χ1n) is 8.33. The largest absolute Gasteiger partial charge is 0.455 e. The van der Waals surface area contributed by atoms with Gasteiger partial charge in [0.05, 0.1) is 5.56 Å². The number of fused-ring (bicyclic) bond motifs is 1. The third-order valence-corrected chi connectivity index (χ3v) is 5.78. The van der Waals surface area contributed by atoms with E-state index in [1.165, 1.54) is 10.5 Å². The predicted molar refractivity (Wildman–Crippen MR) is 93.5 cm³/mol. The summed E-state index contributed by atoms with van der Waals surface area (Å²) in [4.78, 5) is 28.0. The molecule has 1 aliphatic carbocycles. The summed E-state index contributed by atoms with van der Waals surface area (Å²) >= 11 is 1.73. The lowest BCUT2D eigenvalue weighted by Gasteiger charge is -2.25. The van der Waals surface area contributed by atoms with Crippen LogP contribution in [0.25, 0.3) is 5.57 Å². The van der Waals surface area contributed by atoms with Crippen LogP contribution in [0.1, 0.15) is 56.4 Å². The number of carbonyl (C=O) groups excluding carboxylic acids is 2. The van der Waals surface area contributed by atoms with E-state index in [2.05, 4.69) is 17.5 Å². The van der Waals surface area contributed by atoms with Gasteiger partial charge in [0, 0.05) is 36.4 Å². The zero-order chi connectivity index (χ0) is 16.7. The summed E-state index contributed by atoms with van der Waals surface area (Å²) in [7, 11) is 0. The average molecular weight is 341 g/mol. The molecule has 0 aromatic carbocycles. The van der Waals surface area contributed by atoms with Crippen LogP contribution in [0.3, 0.4) is 0 Å². The summed E-state index contributed by atoms with van der Waals surface area (Å²) in [6, 6.07) is 4.16. The standard InChI is InChI=1S/C19H19NO3S/c1-12-17-14(21)4-2-5-15(17)23-18(12)19(22)20-9-7-13(8-10-20)16-6-3-11-24-16/h3,6-7,11H,2,4-5,8-10H2,1H3. The van der Waals surface area contributed by atoms with E-state index in [-0.39, 0.29) is 11.7 Å². The molecule has 2 aliphatic rings. The first-order valence-corrected chi connectivity index (χ1v) is 9.20. The van der Waals surface area contributed by atoms with Crippen molar-refractivity contribution in [2.45, 2.75) is 32.6 Å². The topological polar surface area (TPSA) is 50.5 Å². The smallest absolute Gasteiger partial charge is 0.290 e. The number of thiophene rings is 1. The molecule has 2 aromatic rings. The van der Waals surface area contributed by atoms with Gasteiger partial charge in [0.1, 0.15) is 5.76 Å². The maximum absolute atomic E-state index is 12.8. The van der Waals surface area contributed by atoms with E-state index in [4.69, 9.17) is 4.42 Å². The molecule has 0 atom stereocenters. The van der Waals surface area contributed by atoms with Gasteiger partial charge in [-0.15, -0.1) is 11.3 Å². The molecule has 0 unspecified atom stereocenters. The summed E-state index contributed by atoms with van der Waals surface area (Å²) in [5.74, 6) is 1.05. The second-order valence-electron chi connectivity index (χ2n) is 6.34. The lowest BCUT2D eigenvalue weighted by Crippen LogP contribution is -2.34. The highest BCUT2D eigenvalue weighted by atomic mass is 32.1. The summed E-state index contributed by atoms with van der Waals surface area (Å²) < 4.78 is 5.79. The molecule has 0 saturated carbocycles. The van der Waals surface area contributed by atoms with Gasteiger partial charge in [-0.05, 0) is 36.8 Å². The average Bonchev–Trinajstić information content (AvgIpc) is 3.23. The first-order chi connectivity index (χ1) is 11.6. The number of carbonyl (C=O) groups is 2. The molecule has 0 saturated heterocycles. The van der Waals surface area contributed by atoms with E-state index in [0.717, 1.165) is 19.3 Å². The monoisotopic (exact) mass is 341 g/mol. The Morgan fingerprint density at radius 3 is 2.83 bits per heavy atom. The van der Waals surface area contributed by atoms with Crippen LogP contribution in [0.15, 0.2) is 28.0 Å². The highest BCUT2D eigenvalue weighted by Gasteiger charge is 2.31. The first kappa shape index (κ1) is 15.4. The Kier molecular flexibility index (Phi) is 3.88. The number of ketones is 1. The molecular formula is C19H19NO3S. The minimum atomic E-state index is -0.101. The van der Waals surface area contributed by atoms with Crippen LogP contribution in [0.4, 0.5) is 0 Å². The number of nitrogens with zero attached hydrogens (tertiary/aromatic N) is 1. The van der Waals surface area contributed by atoms with Crippen molar-refractivity contribution >= 4 is 28.6 Å². The van der Waals surface area contributed by atoms with Crippen molar-refractivity contribution in [1.82, 2.24) is 4.90 Å². The normalized spacial score (nSPS) is 17.6. The molecule has 4 nitrogen and oxygen atoms in total. The molecule has 0 bridgehead atoms. The van der Waals surface area contributed by atoms with Gasteiger partial charge < -0.3 is 9.32 Å². The number of hydrogen-bond donors (Lipinski definition) is 0. The number of Topliss-reactive ketones (excluding diaryl/α,β-unsaturated/α-hetero) is 1. The maximum Gasteiger partial charge on any atom is 0.290 e. The SMILES string of the molecule is Cc1c(C(=O)N2CC=C(c3cccs3)CC2)oc2c1C(=O)CCC2. The Morgan fingerprint density at radius 2 is 2.17 bits per heavy atom. The summed E-state index contributed by atoms with van der Waals surface area (Å²) in [5, 5.41) is 2.07. The summed E-state index contributed by atoms with van der Waals surface area (Å²) in [6.07, 6.45) is 5.08. The summed E-state index contributed by atoms with van der Waals surface area (Å²) in [5.41, 5.74) is 2.67. The van der Waals surface area contributed by atoms with Crippen LogP contribution < -0.4 is 0 Å². The van der Waals surface area contributed by atoms with Gasteiger partial charge >= 0.3 is 0 Å². The number of hydrogen-bond acceptors (Lipinski definition) is 4. The van der Waals surface area contributed by atoms with E-state index in [1.54, 1.807) is 16.2 Å². The Hall–Kier alpha value is -2.14. The van der Waals surface area contributed by atoms with Crippen molar-refractivity contribution in [3.63, 3.8) is 0 Å². The highest BCUT2D eigenvalue weighted by molar-refractivity contribution is 7.11. The molecule has 2 aromatic heterocycles. The lowest BCUT2D eigenvalue weighted by molar-refractivity contribution is 0.0737. The molecule has 1 aliphatic heterocycles. The molecule has 0 N–H and O–H groups in total. The van der Waals surface area contributed by atoms with Crippen molar-refractivity contribution in [2.24, 2.45) is 0 Å². The fourth-order valence-electron chi connectivity index (χ4n) is 3.53. The summed E-state index contributed by atoms with van der Waals surface area (Å²) in [6.45, 7) is 3.10. The second-order valence-corrected chi connectivity index (χ2v) is 7.29. The van der Waals surface area contributed by atoms with Gasteiger partial charge in [0.15, 0.2) is 11.5 Å². The van der Waals surface area contributed by atoms with Crippen LogP contribution >= 0.6 is 11.3 Å². The molecule has 124 valence electrons. The molecule has 5 heteroatoms. The molecule has 0 spiro atoms. The van der Waals surface area contributed by atoms with E-state index in [1.807, 2.05) is 13.0 Å². The Bertz CT molecular complexity index is 829. The van der Waals surface area contributed by atoms with E-state index in [0.29, 0.717) is 42.2 Å². The highest BCUT2D eigenvalue weighted by Crippen LogP contribution is 2.31. The van der Waals surface area contributed by atoms with Crippen LogP contribution in [-0.2, 0) is 6.42 Å². The molecule has 3 heterocycles. The molecular weight excluding hydrogens is 322 g/mol.